The van der Waals surface area contributed by atoms with Crippen molar-refractivity contribution in [1.82, 2.24) is 4.90 Å². The van der Waals surface area contributed by atoms with Gasteiger partial charge < -0.3 is 10.6 Å². The molecule has 1 saturated heterocycles. The van der Waals surface area contributed by atoms with Crippen molar-refractivity contribution in [2.24, 2.45) is 5.73 Å². The number of hydrogen-bond acceptors (Lipinski definition) is 2. The van der Waals surface area contributed by atoms with Crippen molar-refractivity contribution >= 4 is 23.2 Å². The Morgan fingerprint density at radius 2 is 2.00 bits per heavy atom. The summed E-state index contributed by atoms with van der Waals surface area (Å²) in [5, 5.41) is 1.16. The fourth-order valence-electron chi connectivity index (χ4n) is 1.69. The van der Waals surface area contributed by atoms with Crippen molar-refractivity contribution in [3.8, 4) is 0 Å². The summed E-state index contributed by atoms with van der Waals surface area (Å²) >= 11 is 11.8. The number of likely N-dealkylation sites (tertiary alicyclic amines) is 1. The molecule has 0 amide bonds. The van der Waals surface area contributed by atoms with Crippen molar-refractivity contribution < 1.29 is 0 Å². The van der Waals surface area contributed by atoms with Crippen LogP contribution in [0.2, 0.25) is 10.0 Å². The monoisotopic (exact) mass is 244 g/mol. The fraction of sp³-hybridized carbons (Fsp3) is 0.455. The second kappa shape index (κ2) is 4.71. The molecule has 1 unspecified atom stereocenters. The van der Waals surface area contributed by atoms with Gasteiger partial charge in [0.15, 0.2) is 0 Å². The lowest BCUT2D eigenvalue weighted by molar-refractivity contribution is 0.170. The van der Waals surface area contributed by atoms with Crippen LogP contribution in [-0.2, 0) is 0 Å². The first-order valence-corrected chi connectivity index (χ1v) is 5.85. The van der Waals surface area contributed by atoms with Crippen molar-refractivity contribution in [2.75, 3.05) is 19.6 Å². The summed E-state index contributed by atoms with van der Waals surface area (Å²) in [6, 6.07) is 5.63. The smallest absolute Gasteiger partial charge is 0.0595 e. The van der Waals surface area contributed by atoms with Crippen LogP contribution in [0.25, 0.3) is 0 Å². The Hall–Kier alpha value is -0.280. The molecule has 1 atom stereocenters. The van der Waals surface area contributed by atoms with Gasteiger partial charge >= 0.3 is 0 Å². The van der Waals surface area contributed by atoms with Crippen LogP contribution in [0, 0.1) is 0 Å². The molecule has 1 heterocycles. The predicted octanol–water partition coefficient (Wildman–Crippen LogP) is 2.70. The molecular formula is C11H14Cl2N2. The van der Waals surface area contributed by atoms with Crippen molar-refractivity contribution in [3.63, 3.8) is 0 Å². The summed E-state index contributed by atoms with van der Waals surface area (Å²) in [6.07, 6.45) is 1.29. The van der Waals surface area contributed by atoms with Gasteiger partial charge in [-0.3, -0.25) is 0 Å². The molecule has 0 bridgehead atoms. The SMILES string of the molecule is NC(CN1CCC1)c1ccc(Cl)c(Cl)c1. The number of nitrogens with zero attached hydrogens (tertiary/aromatic N) is 1. The minimum atomic E-state index is 0.0278. The summed E-state index contributed by atoms with van der Waals surface area (Å²) in [6.45, 7) is 3.22. The molecule has 1 aliphatic rings. The van der Waals surface area contributed by atoms with Gasteiger partial charge in [-0.1, -0.05) is 29.3 Å². The molecular weight excluding hydrogens is 231 g/mol. The van der Waals surface area contributed by atoms with Gasteiger partial charge in [0.05, 0.1) is 10.0 Å². The molecule has 1 fully saturated rings. The van der Waals surface area contributed by atoms with E-state index in [1.807, 2.05) is 12.1 Å². The molecule has 15 heavy (non-hydrogen) atoms. The van der Waals surface area contributed by atoms with Crippen molar-refractivity contribution in [3.05, 3.63) is 33.8 Å². The van der Waals surface area contributed by atoms with Gasteiger partial charge in [-0.25, -0.2) is 0 Å². The highest BCUT2D eigenvalue weighted by Crippen LogP contribution is 2.25. The largest absolute Gasteiger partial charge is 0.323 e. The summed E-state index contributed by atoms with van der Waals surface area (Å²) in [5.74, 6) is 0. The standard InChI is InChI=1S/C11H14Cl2N2/c12-9-3-2-8(6-10(9)13)11(14)7-15-4-1-5-15/h2-3,6,11H,1,4-5,7,14H2. The summed E-state index contributed by atoms with van der Waals surface area (Å²) in [7, 11) is 0. The van der Waals surface area contributed by atoms with Gasteiger partial charge in [-0.05, 0) is 37.2 Å². The van der Waals surface area contributed by atoms with Gasteiger partial charge in [0.25, 0.3) is 0 Å². The van der Waals surface area contributed by atoms with E-state index in [1.165, 1.54) is 6.42 Å². The Bertz CT molecular complexity index is 350. The maximum Gasteiger partial charge on any atom is 0.0595 e. The summed E-state index contributed by atoms with van der Waals surface area (Å²) in [5.41, 5.74) is 7.13. The summed E-state index contributed by atoms with van der Waals surface area (Å²) < 4.78 is 0. The van der Waals surface area contributed by atoms with Crippen LogP contribution < -0.4 is 5.73 Å². The third kappa shape index (κ3) is 2.64. The Balaban J connectivity index is 2.03. The lowest BCUT2D eigenvalue weighted by atomic mass is 10.1. The lowest BCUT2D eigenvalue weighted by Gasteiger charge is -2.33. The van der Waals surface area contributed by atoms with Crippen LogP contribution >= 0.6 is 23.2 Å². The van der Waals surface area contributed by atoms with Crippen LogP contribution in [0.4, 0.5) is 0 Å². The maximum atomic E-state index is 6.08. The van der Waals surface area contributed by atoms with E-state index < -0.39 is 0 Å². The van der Waals surface area contributed by atoms with Crippen LogP contribution in [0.15, 0.2) is 18.2 Å². The molecule has 2 rings (SSSR count). The minimum absolute atomic E-state index is 0.0278. The average molecular weight is 245 g/mol. The van der Waals surface area contributed by atoms with E-state index in [-0.39, 0.29) is 6.04 Å². The topological polar surface area (TPSA) is 29.3 Å². The molecule has 0 spiro atoms. The number of nitrogens with two attached hydrogens (primary N) is 1. The molecule has 1 aromatic carbocycles. The first-order chi connectivity index (χ1) is 7.16. The van der Waals surface area contributed by atoms with E-state index in [1.54, 1.807) is 6.07 Å². The fourth-order valence-corrected chi connectivity index (χ4v) is 2.00. The number of halogens is 2. The Morgan fingerprint density at radius 1 is 1.27 bits per heavy atom. The summed E-state index contributed by atoms with van der Waals surface area (Å²) in [4.78, 5) is 2.34. The van der Waals surface area contributed by atoms with E-state index in [4.69, 9.17) is 28.9 Å². The van der Waals surface area contributed by atoms with E-state index in [9.17, 15) is 0 Å². The molecule has 0 radical (unpaired) electrons. The molecule has 4 heteroatoms. The maximum absolute atomic E-state index is 6.08. The molecule has 1 aromatic rings. The zero-order chi connectivity index (χ0) is 10.8. The highest BCUT2D eigenvalue weighted by molar-refractivity contribution is 6.42. The first kappa shape index (κ1) is 11.2. The normalized spacial score (nSPS) is 18.6. The number of rotatable bonds is 3. The molecule has 0 aliphatic carbocycles. The number of benzene rings is 1. The van der Waals surface area contributed by atoms with Crippen molar-refractivity contribution in [2.45, 2.75) is 12.5 Å². The highest BCUT2D eigenvalue weighted by Gasteiger charge is 2.18. The lowest BCUT2D eigenvalue weighted by Crippen LogP contribution is -2.41. The second-order valence-corrected chi connectivity index (χ2v) is 4.75. The van der Waals surface area contributed by atoms with E-state index in [0.29, 0.717) is 10.0 Å². The second-order valence-electron chi connectivity index (χ2n) is 3.93. The Labute approximate surface area is 100.0 Å². The van der Waals surface area contributed by atoms with Crippen LogP contribution in [0.3, 0.4) is 0 Å². The van der Waals surface area contributed by atoms with Crippen LogP contribution in [-0.4, -0.2) is 24.5 Å². The average Bonchev–Trinajstić information content (AvgIpc) is 2.15. The van der Waals surface area contributed by atoms with Gasteiger partial charge in [-0.15, -0.1) is 0 Å². The van der Waals surface area contributed by atoms with E-state index >= 15 is 0 Å². The molecule has 2 N–H and O–H groups in total. The highest BCUT2D eigenvalue weighted by atomic mass is 35.5. The van der Waals surface area contributed by atoms with Crippen LogP contribution in [0.1, 0.15) is 18.0 Å². The van der Waals surface area contributed by atoms with Gasteiger partial charge in [0.1, 0.15) is 0 Å². The zero-order valence-corrected chi connectivity index (χ0v) is 9.93. The first-order valence-electron chi connectivity index (χ1n) is 5.09. The third-order valence-electron chi connectivity index (χ3n) is 2.78. The molecule has 0 saturated carbocycles. The van der Waals surface area contributed by atoms with Gasteiger partial charge in [0.2, 0.25) is 0 Å². The molecule has 82 valence electrons. The van der Waals surface area contributed by atoms with E-state index in [2.05, 4.69) is 4.90 Å². The van der Waals surface area contributed by atoms with Gasteiger partial charge in [-0.2, -0.15) is 0 Å². The zero-order valence-electron chi connectivity index (χ0n) is 8.42. The third-order valence-corrected chi connectivity index (χ3v) is 3.51. The van der Waals surface area contributed by atoms with Crippen molar-refractivity contribution in [1.29, 1.82) is 0 Å². The number of hydrogen-bond donors (Lipinski definition) is 1. The van der Waals surface area contributed by atoms with E-state index in [0.717, 1.165) is 25.2 Å². The molecule has 1 aliphatic heterocycles. The Kier molecular flexibility index (Phi) is 3.52. The van der Waals surface area contributed by atoms with Crippen LogP contribution in [0.5, 0.6) is 0 Å². The molecule has 2 nitrogen and oxygen atoms in total. The minimum Gasteiger partial charge on any atom is -0.323 e. The van der Waals surface area contributed by atoms with Gasteiger partial charge in [0, 0.05) is 12.6 Å². The predicted molar refractivity (Wildman–Crippen MR) is 64.4 cm³/mol. The molecule has 0 aromatic heterocycles. The Morgan fingerprint density at radius 3 is 2.53 bits per heavy atom. The quantitative estimate of drug-likeness (QED) is 0.887.